The van der Waals surface area contributed by atoms with Gasteiger partial charge in [-0.15, -0.1) is 0 Å². The largest absolute Gasteiger partial charge is 0.326 e. The molecule has 20 heavy (non-hydrogen) atoms. The third-order valence-electron chi connectivity index (χ3n) is 3.79. The van der Waals surface area contributed by atoms with Gasteiger partial charge >= 0.3 is 0 Å². The van der Waals surface area contributed by atoms with Crippen LogP contribution in [0, 0.1) is 0 Å². The molecule has 2 rings (SSSR count). The van der Waals surface area contributed by atoms with Gasteiger partial charge in [-0.1, -0.05) is 6.07 Å². The van der Waals surface area contributed by atoms with Crippen LogP contribution >= 0.6 is 0 Å². The molecule has 0 amide bonds. The Labute approximate surface area is 120 Å². The number of nitrogens with zero attached hydrogens (tertiary/aromatic N) is 3. The van der Waals surface area contributed by atoms with E-state index in [-0.39, 0.29) is 5.03 Å². The van der Waals surface area contributed by atoms with Crippen molar-refractivity contribution in [3.63, 3.8) is 0 Å². The van der Waals surface area contributed by atoms with E-state index < -0.39 is 10.0 Å². The highest BCUT2D eigenvalue weighted by Gasteiger charge is 2.30. The summed E-state index contributed by atoms with van der Waals surface area (Å²) in [6.45, 7) is 1.46. The lowest BCUT2D eigenvalue weighted by molar-refractivity contribution is 0.196. The second kappa shape index (κ2) is 6.17. The molecule has 0 spiro atoms. The summed E-state index contributed by atoms with van der Waals surface area (Å²) in [6.07, 6.45) is 3.24. The Bertz CT molecular complexity index is 534. The Morgan fingerprint density at radius 2 is 2.00 bits per heavy atom. The van der Waals surface area contributed by atoms with E-state index in [0.717, 1.165) is 18.4 Å². The first-order valence-electron chi connectivity index (χ1n) is 6.76. The average molecular weight is 298 g/mol. The number of nitrogens with two attached hydrogens (primary N) is 1. The van der Waals surface area contributed by atoms with Crippen molar-refractivity contribution in [3.05, 3.63) is 23.9 Å². The summed E-state index contributed by atoms with van der Waals surface area (Å²) in [6, 6.07) is 3.70. The molecular weight excluding hydrogens is 276 g/mol. The van der Waals surface area contributed by atoms with Crippen molar-refractivity contribution in [3.8, 4) is 0 Å². The molecule has 1 aliphatic heterocycles. The number of rotatable bonds is 4. The molecule has 1 aromatic rings. The lowest BCUT2D eigenvalue weighted by Gasteiger charge is -2.34. The molecule has 0 bridgehead atoms. The average Bonchev–Trinajstić information content (AvgIpc) is 2.47. The van der Waals surface area contributed by atoms with Crippen molar-refractivity contribution in [1.29, 1.82) is 0 Å². The minimum atomic E-state index is -3.47. The molecule has 6 nitrogen and oxygen atoms in total. The zero-order valence-corrected chi connectivity index (χ0v) is 12.8. The van der Waals surface area contributed by atoms with E-state index in [4.69, 9.17) is 5.73 Å². The van der Waals surface area contributed by atoms with Crippen molar-refractivity contribution in [2.24, 2.45) is 5.73 Å². The molecule has 0 radical (unpaired) electrons. The molecule has 112 valence electrons. The maximum Gasteiger partial charge on any atom is 0.260 e. The monoisotopic (exact) mass is 298 g/mol. The molecule has 2 N–H and O–H groups in total. The Balaban J connectivity index is 2.11. The summed E-state index contributed by atoms with van der Waals surface area (Å²) >= 11 is 0. The maximum atomic E-state index is 12.5. The fourth-order valence-corrected chi connectivity index (χ4v) is 3.80. The van der Waals surface area contributed by atoms with E-state index in [9.17, 15) is 8.42 Å². The van der Waals surface area contributed by atoms with Crippen LogP contribution in [0.4, 0.5) is 0 Å². The molecule has 1 aromatic heterocycles. The van der Waals surface area contributed by atoms with E-state index in [0.29, 0.717) is 25.7 Å². The zero-order valence-electron chi connectivity index (χ0n) is 12.0. The van der Waals surface area contributed by atoms with E-state index in [2.05, 4.69) is 9.88 Å². The van der Waals surface area contributed by atoms with Gasteiger partial charge in [-0.2, -0.15) is 4.31 Å². The third-order valence-corrected chi connectivity index (χ3v) is 5.61. The SMILES string of the molecule is CN(C)C1CCN(S(=O)(=O)c2ccc(CN)cn2)CC1. The molecule has 0 aliphatic carbocycles. The molecule has 0 saturated carbocycles. The summed E-state index contributed by atoms with van der Waals surface area (Å²) < 4.78 is 26.5. The predicted octanol–water partition coefficient (Wildman–Crippen LogP) is 0.255. The maximum absolute atomic E-state index is 12.5. The first-order valence-corrected chi connectivity index (χ1v) is 8.20. The van der Waals surface area contributed by atoms with Crippen molar-refractivity contribution in [2.75, 3.05) is 27.2 Å². The van der Waals surface area contributed by atoms with E-state index >= 15 is 0 Å². The zero-order chi connectivity index (χ0) is 14.8. The van der Waals surface area contributed by atoms with Crippen LogP contribution in [0.15, 0.2) is 23.4 Å². The van der Waals surface area contributed by atoms with Gasteiger partial charge in [0.1, 0.15) is 0 Å². The van der Waals surface area contributed by atoms with Gasteiger partial charge in [0.25, 0.3) is 10.0 Å². The third kappa shape index (κ3) is 3.17. The number of hydrogen-bond donors (Lipinski definition) is 1. The minimum Gasteiger partial charge on any atom is -0.326 e. The van der Waals surface area contributed by atoms with E-state index in [1.165, 1.54) is 16.6 Å². The molecule has 7 heteroatoms. The van der Waals surface area contributed by atoms with Crippen LogP contribution in [0.3, 0.4) is 0 Å². The van der Waals surface area contributed by atoms with Crippen molar-refractivity contribution in [1.82, 2.24) is 14.2 Å². The summed E-state index contributed by atoms with van der Waals surface area (Å²) in [5.41, 5.74) is 6.32. The summed E-state index contributed by atoms with van der Waals surface area (Å²) in [4.78, 5) is 6.18. The first-order chi connectivity index (χ1) is 9.45. The lowest BCUT2D eigenvalue weighted by Crippen LogP contribution is -2.44. The van der Waals surface area contributed by atoms with Gasteiger partial charge in [0.15, 0.2) is 5.03 Å². The summed E-state index contributed by atoms with van der Waals surface area (Å²) in [7, 11) is 0.586. The van der Waals surface area contributed by atoms with Crippen molar-refractivity contribution in [2.45, 2.75) is 30.5 Å². The molecular formula is C13H22N4O2S. The van der Waals surface area contributed by atoms with E-state index in [1.807, 2.05) is 14.1 Å². The van der Waals surface area contributed by atoms with Crippen molar-refractivity contribution < 1.29 is 8.42 Å². The van der Waals surface area contributed by atoms with Crippen LogP contribution in [-0.2, 0) is 16.6 Å². The smallest absolute Gasteiger partial charge is 0.260 e. The second-order valence-electron chi connectivity index (χ2n) is 5.31. The van der Waals surface area contributed by atoms with Crippen LogP contribution in [0.5, 0.6) is 0 Å². The van der Waals surface area contributed by atoms with Crippen LogP contribution in [0.1, 0.15) is 18.4 Å². The fourth-order valence-electron chi connectivity index (χ4n) is 2.42. The first kappa shape index (κ1) is 15.4. The van der Waals surface area contributed by atoms with Gasteiger partial charge < -0.3 is 10.6 Å². The van der Waals surface area contributed by atoms with Gasteiger partial charge in [-0.3, -0.25) is 0 Å². The highest BCUT2D eigenvalue weighted by Crippen LogP contribution is 2.21. The van der Waals surface area contributed by atoms with Crippen LogP contribution in [0.25, 0.3) is 0 Å². The molecule has 1 saturated heterocycles. The molecule has 1 aliphatic rings. The van der Waals surface area contributed by atoms with Gasteiger partial charge in [0.05, 0.1) is 0 Å². The van der Waals surface area contributed by atoms with Crippen LogP contribution in [0.2, 0.25) is 0 Å². The molecule has 1 fully saturated rings. The molecule has 0 aromatic carbocycles. The number of aromatic nitrogens is 1. The van der Waals surface area contributed by atoms with Gasteiger partial charge in [-0.05, 0) is 38.6 Å². The second-order valence-corrected chi connectivity index (χ2v) is 7.19. The highest BCUT2D eigenvalue weighted by atomic mass is 32.2. The molecule has 2 heterocycles. The number of pyridine rings is 1. The van der Waals surface area contributed by atoms with Crippen LogP contribution < -0.4 is 5.73 Å². The standard InChI is InChI=1S/C13H22N4O2S/c1-16(2)12-5-7-17(8-6-12)20(18,19)13-4-3-11(9-14)10-15-13/h3-4,10,12H,5-9,14H2,1-2H3. The fraction of sp³-hybridized carbons (Fsp3) is 0.615. The van der Waals surface area contributed by atoms with Gasteiger partial charge in [0, 0.05) is 31.9 Å². The highest BCUT2D eigenvalue weighted by molar-refractivity contribution is 7.89. The van der Waals surface area contributed by atoms with Gasteiger partial charge in [-0.25, -0.2) is 13.4 Å². The molecule has 0 unspecified atom stereocenters. The topological polar surface area (TPSA) is 79.5 Å². The van der Waals surface area contributed by atoms with Crippen LogP contribution in [-0.4, -0.2) is 55.8 Å². The Morgan fingerprint density at radius 1 is 1.35 bits per heavy atom. The Hall–Kier alpha value is -1.02. The quantitative estimate of drug-likeness (QED) is 0.862. The number of piperidine rings is 1. The lowest BCUT2D eigenvalue weighted by atomic mass is 10.1. The predicted molar refractivity (Wildman–Crippen MR) is 77.6 cm³/mol. The molecule has 0 atom stereocenters. The Morgan fingerprint density at radius 3 is 2.45 bits per heavy atom. The summed E-state index contributed by atoms with van der Waals surface area (Å²) in [5, 5.41) is 0.109. The van der Waals surface area contributed by atoms with E-state index in [1.54, 1.807) is 6.07 Å². The normalized spacial score (nSPS) is 18.6. The number of hydrogen-bond acceptors (Lipinski definition) is 5. The number of sulfonamides is 1. The summed E-state index contributed by atoms with van der Waals surface area (Å²) in [5.74, 6) is 0. The Kier molecular flexibility index (Phi) is 4.74. The van der Waals surface area contributed by atoms with Gasteiger partial charge in [0.2, 0.25) is 0 Å². The van der Waals surface area contributed by atoms with Crippen molar-refractivity contribution >= 4 is 10.0 Å². The minimum absolute atomic E-state index is 0.109.